The van der Waals surface area contributed by atoms with Crippen molar-refractivity contribution >= 4 is 11.9 Å². The van der Waals surface area contributed by atoms with Crippen molar-refractivity contribution < 1.29 is 14.7 Å². The number of rotatable bonds is 7. The highest BCUT2D eigenvalue weighted by molar-refractivity contribution is 5.79. The molecule has 0 aliphatic carbocycles. The maximum Gasteiger partial charge on any atom is 0.308 e. The first kappa shape index (κ1) is 14.9. The molecule has 0 bridgehead atoms. The van der Waals surface area contributed by atoms with Gasteiger partial charge in [0, 0.05) is 12.0 Å². The van der Waals surface area contributed by atoms with E-state index < -0.39 is 11.9 Å². The topological polar surface area (TPSA) is 66.4 Å². The van der Waals surface area contributed by atoms with Crippen LogP contribution in [0.3, 0.4) is 0 Å². The molecule has 0 rings (SSSR count). The molecule has 1 amide bonds. The lowest BCUT2D eigenvalue weighted by atomic mass is 10.0. The number of carbonyl (C=O) groups excluding carboxylic acids is 1. The first-order valence-electron chi connectivity index (χ1n) is 5.93. The Kier molecular flexibility index (Phi) is 6.77. The quantitative estimate of drug-likeness (QED) is 0.702. The number of carboxylic acids is 1. The van der Waals surface area contributed by atoms with Crippen LogP contribution < -0.4 is 5.32 Å². The summed E-state index contributed by atoms with van der Waals surface area (Å²) >= 11 is 0. The van der Waals surface area contributed by atoms with Gasteiger partial charge in [0.25, 0.3) is 0 Å². The van der Waals surface area contributed by atoms with E-state index in [9.17, 15) is 9.59 Å². The van der Waals surface area contributed by atoms with Crippen LogP contribution in [0.1, 0.15) is 47.0 Å². The van der Waals surface area contributed by atoms with Gasteiger partial charge in [-0.25, -0.2) is 0 Å². The Morgan fingerprint density at radius 2 is 1.81 bits per heavy atom. The molecule has 94 valence electrons. The third-order valence-corrected chi connectivity index (χ3v) is 2.95. The highest BCUT2D eigenvalue weighted by Gasteiger charge is 2.22. The van der Waals surface area contributed by atoms with Crippen molar-refractivity contribution in [1.29, 1.82) is 0 Å². The van der Waals surface area contributed by atoms with E-state index >= 15 is 0 Å². The Bertz CT molecular complexity index is 240. The fourth-order valence-corrected chi connectivity index (χ4v) is 1.35. The third kappa shape index (κ3) is 5.14. The zero-order chi connectivity index (χ0) is 12.7. The minimum atomic E-state index is -0.881. The summed E-state index contributed by atoms with van der Waals surface area (Å²) in [7, 11) is 0. The van der Waals surface area contributed by atoms with E-state index in [1.54, 1.807) is 13.8 Å². The maximum absolute atomic E-state index is 11.7. The van der Waals surface area contributed by atoms with Crippen LogP contribution in [0.4, 0.5) is 0 Å². The van der Waals surface area contributed by atoms with Gasteiger partial charge in [-0.2, -0.15) is 0 Å². The van der Waals surface area contributed by atoms with E-state index in [0.717, 1.165) is 19.3 Å². The Morgan fingerprint density at radius 1 is 1.25 bits per heavy atom. The lowest BCUT2D eigenvalue weighted by Gasteiger charge is -2.20. The van der Waals surface area contributed by atoms with E-state index in [1.807, 2.05) is 6.92 Å². The molecule has 0 aromatic carbocycles. The van der Waals surface area contributed by atoms with E-state index in [2.05, 4.69) is 12.2 Å². The summed E-state index contributed by atoms with van der Waals surface area (Å²) in [5, 5.41) is 11.5. The second-order valence-corrected chi connectivity index (χ2v) is 4.47. The number of hydrogen-bond acceptors (Lipinski definition) is 2. The number of unbranched alkanes of at least 4 members (excludes halogenated alkanes) is 1. The van der Waals surface area contributed by atoms with Gasteiger partial charge in [0.1, 0.15) is 0 Å². The molecule has 0 aromatic heterocycles. The number of aliphatic carboxylic acids is 1. The summed E-state index contributed by atoms with van der Waals surface area (Å²) in [5.74, 6) is -1.52. The second-order valence-electron chi connectivity index (χ2n) is 4.47. The van der Waals surface area contributed by atoms with Crippen LogP contribution in [0.15, 0.2) is 0 Å². The fraction of sp³-hybridized carbons (Fsp3) is 0.833. The SMILES string of the molecule is CCCCC(C)C(=O)NC(C)C(C)C(=O)O. The average molecular weight is 229 g/mol. The van der Waals surface area contributed by atoms with E-state index in [-0.39, 0.29) is 17.9 Å². The Balaban J connectivity index is 4.07. The molecule has 0 aliphatic rings. The summed E-state index contributed by atoms with van der Waals surface area (Å²) in [6.45, 7) is 7.29. The highest BCUT2D eigenvalue weighted by atomic mass is 16.4. The molecule has 0 heterocycles. The van der Waals surface area contributed by atoms with Gasteiger partial charge in [0.05, 0.1) is 5.92 Å². The average Bonchev–Trinajstić information content (AvgIpc) is 2.24. The summed E-state index contributed by atoms with van der Waals surface area (Å²) in [6.07, 6.45) is 2.95. The van der Waals surface area contributed by atoms with Gasteiger partial charge in [-0.05, 0) is 20.3 Å². The predicted molar refractivity (Wildman–Crippen MR) is 63.1 cm³/mol. The largest absolute Gasteiger partial charge is 0.481 e. The molecular weight excluding hydrogens is 206 g/mol. The number of carboxylic acid groups (broad SMARTS) is 1. The number of hydrogen-bond donors (Lipinski definition) is 2. The molecule has 0 aromatic rings. The molecular formula is C12H23NO3. The minimum absolute atomic E-state index is 0.0385. The summed E-state index contributed by atoms with van der Waals surface area (Å²) in [5.41, 5.74) is 0. The Hall–Kier alpha value is -1.06. The lowest BCUT2D eigenvalue weighted by molar-refractivity contribution is -0.142. The van der Waals surface area contributed by atoms with Crippen molar-refractivity contribution in [3.8, 4) is 0 Å². The fourth-order valence-electron chi connectivity index (χ4n) is 1.35. The monoisotopic (exact) mass is 229 g/mol. The van der Waals surface area contributed by atoms with Gasteiger partial charge in [-0.1, -0.05) is 26.7 Å². The number of nitrogens with one attached hydrogen (secondary N) is 1. The highest BCUT2D eigenvalue weighted by Crippen LogP contribution is 2.09. The zero-order valence-corrected chi connectivity index (χ0v) is 10.6. The molecule has 3 atom stereocenters. The van der Waals surface area contributed by atoms with E-state index in [4.69, 9.17) is 5.11 Å². The number of amides is 1. The van der Waals surface area contributed by atoms with Crippen LogP contribution in [0.2, 0.25) is 0 Å². The molecule has 4 nitrogen and oxygen atoms in total. The minimum Gasteiger partial charge on any atom is -0.481 e. The zero-order valence-electron chi connectivity index (χ0n) is 10.6. The number of carbonyl (C=O) groups is 2. The van der Waals surface area contributed by atoms with Crippen molar-refractivity contribution in [1.82, 2.24) is 5.32 Å². The van der Waals surface area contributed by atoms with Crippen LogP contribution in [-0.4, -0.2) is 23.0 Å². The second kappa shape index (κ2) is 7.25. The van der Waals surface area contributed by atoms with Gasteiger partial charge in [-0.3, -0.25) is 9.59 Å². The van der Waals surface area contributed by atoms with E-state index in [1.165, 1.54) is 0 Å². The standard InChI is InChI=1S/C12H23NO3/c1-5-6-7-8(2)11(14)13-10(4)9(3)12(15)16/h8-10H,5-7H2,1-4H3,(H,13,14)(H,15,16). The van der Waals surface area contributed by atoms with Crippen LogP contribution in [-0.2, 0) is 9.59 Å². The van der Waals surface area contributed by atoms with Crippen LogP contribution in [0.25, 0.3) is 0 Å². The summed E-state index contributed by atoms with van der Waals surface area (Å²) in [6, 6.07) is -0.325. The molecule has 0 spiro atoms. The van der Waals surface area contributed by atoms with Crippen LogP contribution >= 0.6 is 0 Å². The predicted octanol–water partition coefficient (Wildman–Crippen LogP) is 2.04. The first-order chi connectivity index (χ1) is 7.40. The van der Waals surface area contributed by atoms with E-state index in [0.29, 0.717) is 0 Å². The van der Waals surface area contributed by atoms with Crippen molar-refractivity contribution in [3.05, 3.63) is 0 Å². The van der Waals surface area contributed by atoms with Crippen molar-refractivity contribution in [2.45, 2.75) is 53.0 Å². The van der Waals surface area contributed by atoms with Gasteiger partial charge in [0.2, 0.25) is 5.91 Å². The van der Waals surface area contributed by atoms with Gasteiger partial charge in [-0.15, -0.1) is 0 Å². The molecule has 4 heteroatoms. The normalized spacial score (nSPS) is 16.2. The molecule has 2 N–H and O–H groups in total. The molecule has 16 heavy (non-hydrogen) atoms. The summed E-state index contributed by atoms with van der Waals surface area (Å²) < 4.78 is 0. The molecule has 0 fully saturated rings. The van der Waals surface area contributed by atoms with Crippen molar-refractivity contribution in [3.63, 3.8) is 0 Å². The molecule has 0 saturated carbocycles. The smallest absolute Gasteiger partial charge is 0.308 e. The van der Waals surface area contributed by atoms with Crippen LogP contribution in [0.5, 0.6) is 0 Å². The van der Waals surface area contributed by atoms with Crippen molar-refractivity contribution in [2.75, 3.05) is 0 Å². The van der Waals surface area contributed by atoms with Crippen molar-refractivity contribution in [2.24, 2.45) is 11.8 Å². The van der Waals surface area contributed by atoms with Gasteiger partial charge >= 0.3 is 5.97 Å². The van der Waals surface area contributed by atoms with Gasteiger partial charge in [0.15, 0.2) is 0 Å². The molecule has 3 unspecified atom stereocenters. The molecule has 0 aliphatic heterocycles. The summed E-state index contributed by atoms with van der Waals surface area (Å²) in [4.78, 5) is 22.4. The van der Waals surface area contributed by atoms with Gasteiger partial charge < -0.3 is 10.4 Å². The molecule has 0 radical (unpaired) electrons. The maximum atomic E-state index is 11.7. The first-order valence-corrected chi connectivity index (χ1v) is 5.93. The Morgan fingerprint density at radius 3 is 2.25 bits per heavy atom. The lowest BCUT2D eigenvalue weighted by Crippen LogP contribution is -2.42. The van der Waals surface area contributed by atoms with Crippen LogP contribution in [0, 0.1) is 11.8 Å². The molecule has 0 saturated heterocycles. The Labute approximate surface area is 97.4 Å². The third-order valence-electron chi connectivity index (χ3n) is 2.95.